The molecule has 0 aliphatic carbocycles. The van der Waals surface area contributed by atoms with E-state index in [0.717, 1.165) is 64.0 Å². The smallest absolute Gasteiger partial charge is 0.134 e. The van der Waals surface area contributed by atoms with Crippen LogP contribution in [-0.4, -0.2) is 66.8 Å². The summed E-state index contributed by atoms with van der Waals surface area (Å²) in [6, 6.07) is 2.71. The summed E-state index contributed by atoms with van der Waals surface area (Å²) >= 11 is 0. The van der Waals surface area contributed by atoms with E-state index in [1.807, 2.05) is 0 Å². The van der Waals surface area contributed by atoms with E-state index in [0.29, 0.717) is 11.5 Å². The molecule has 2 aliphatic heterocycles. The second kappa shape index (κ2) is 7.01. The molecule has 1 aromatic heterocycles. The summed E-state index contributed by atoms with van der Waals surface area (Å²) in [5.41, 5.74) is 0.339. The van der Waals surface area contributed by atoms with Gasteiger partial charge in [0.15, 0.2) is 0 Å². The Morgan fingerprint density at radius 1 is 1.22 bits per heavy atom. The highest BCUT2D eigenvalue weighted by Gasteiger charge is 2.33. The predicted octanol–water partition coefficient (Wildman–Crippen LogP) is 1.85. The molecule has 1 N–H and O–H groups in total. The van der Waals surface area contributed by atoms with Crippen LogP contribution in [0.1, 0.15) is 27.2 Å². The van der Waals surface area contributed by atoms with E-state index in [1.165, 1.54) is 0 Å². The van der Waals surface area contributed by atoms with E-state index in [4.69, 9.17) is 4.74 Å². The molecular formula is C17H29N5O. The first-order valence-electron chi connectivity index (χ1n) is 8.64. The topological polar surface area (TPSA) is 53.5 Å². The average Bonchev–Trinajstić information content (AvgIpc) is 2.46. The molecule has 0 radical (unpaired) electrons. The van der Waals surface area contributed by atoms with Crippen molar-refractivity contribution in [1.29, 1.82) is 0 Å². The first kappa shape index (κ1) is 16.5. The zero-order chi connectivity index (χ0) is 16.3. The number of morpholine rings is 1. The molecule has 0 unspecified atom stereocenters. The number of ether oxygens (including phenoxy) is 1. The van der Waals surface area contributed by atoms with Crippen molar-refractivity contribution in [2.45, 2.75) is 33.2 Å². The monoisotopic (exact) mass is 319 g/mol. The zero-order valence-corrected chi connectivity index (χ0v) is 14.6. The summed E-state index contributed by atoms with van der Waals surface area (Å²) in [5.74, 6) is 1.96. The molecule has 0 saturated carbocycles. The molecule has 3 rings (SSSR count). The maximum Gasteiger partial charge on any atom is 0.134 e. The highest BCUT2D eigenvalue weighted by atomic mass is 16.5. The third kappa shape index (κ3) is 4.54. The molecule has 2 saturated heterocycles. The summed E-state index contributed by atoms with van der Waals surface area (Å²) in [6.07, 6.45) is 2.78. The third-order valence-electron chi connectivity index (χ3n) is 4.58. The van der Waals surface area contributed by atoms with E-state index in [9.17, 15) is 0 Å². The van der Waals surface area contributed by atoms with Crippen LogP contribution < -0.4 is 10.2 Å². The van der Waals surface area contributed by atoms with Crippen LogP contribution in [0.2, 0.25) is 0 Å². The van der Waals surface area contributed by atoms with Gasteiger partial charge >= 0.3 is 0 Å². The van der Waals surface area contributed by atoms with Gasteiger partial charge < -0.3 is 15.0 Å². The number of nitrogens with zero attached hydrogens (tertiary/aromatic N) is 4. The Bertz CT molecular complexity index is 504. The van der Waals surface area contributed by atoms with E-state index in [-0.39, 0.29) is 0 Å². The van der Waals surface area contributed by atoms with Crippen LogP contribution in [0.15, 0.2) is 12.4 Å². The van der Waals surface area contributed by atoms with Gasteiger partial charge in [-0.1, -0.05) is 20.8 Å². The minimum absolute atomic E-state index is 0.339. The number of anilines is 2. The van der Waals surface area contributed by atoms with Crippen molar-refractivity contribution >= 4 is 11.6 Å². The molecule has 0 aromatic carbocycles. The van der Waals surface area contributed by atoms with Gasteiger partial charge in [-0.3, -0.25) is 4.90 Å². The van der Waals surface area contributed by atoms with E-state index < -0.39 is 0 Å². The lowest BCUT2D eigenvalue weighted by Crippen LogP contribution is -2.61. The molecule has 0 spiro atoms. The average molecular weight is 319 g/mol. The number of aromatic nitrogens is 2. The van der Waals surface area contributed by atoms with Crippen LogP contribution in [0.5, 0.6) is 0 Å². The lowest BCUT2D eigenvalue weighted by molar-refractivity contribution is 0.0104. The molecule has 23 heavy (non-hydrogen) atoms. The van der Waals surface area contributed by atoms with Gasteiger partial charge in [0.1, 0.15) is 18.0 Å². The first-order chi connectivity index (χ1) is 11.0. The predicted molar refractivity (Wildman–Crippen MR) is 93.0 cm³/mol. The van der Waals surface area contributed by atoms with Gasteiger partial charge in [0.25, 0.3) is 0 Å². The van der Waals surface area contributed by atoms with Crippen molar-refractivity contribution < 1.29 is 4.74 Å². The fraction of sp³-hybridized carbons (Fsp3) is 0.765. The first-order valence-corrected chi connectivity index (χ1v) is 8.64. The maximum atomic E-state index is 5.42. The number of nitrogens with one attached hydrogen (secondary N) is 1. The second-order valence-electron chi connectivity index (χ2n) is 7.71. The molecule has 2 aliphatic rings. The van der Waals surface area contributed by atoms with E-state index >= 15 is 0 Å². The van der Waals surface area contributed by atoms with Gasteiger partial charge in [0.05, 0.1) is 13.2 Å². The highest BCUT2D eigenvalue weighted by molar-refractivity contribution is 5.50. The minimum Gasteiger partial charge on any atom is -0.379 e. The van der Waals surface area contributed by atoms with Crippen molar-refractivity contribution in [3.8, 4) is 0 Å². The lowest BCUT2D eigenvalue weighted by Gasteiger charge is -2.47. The molecule has 0 amide bonds. The van der Waals surface area contributed by atoms with Crippen molar-refractivity contribution in [2.24, 2.45) is 5.41 Å². The summed E-state index contributed by atoms with van der Waals surface area (Å²) in [6.45, 7) is 13.7. The fourth-order valence-electron chi connectivity index (χ4n) is 3.00. The van der Waals surface area contributed by atoms with E-state index in [2.05, 4.69) is 51.9 Å². The SMILES string of the molecule is CC(C)(C)CCNc1cc(N2CC(N3CCOCC3)C2)ncn1. The molecule has 6 heteroatoms. The van der Waals surface area contributed by atoms with Gasteiger partial charge in [0, 0.05) is 44.8 Å². The van der Waals surface area contributed by atoms with Gasteiger partial charge in [-0.15, -0.1) is 0 Å². The Kier molecular flexibility index (Phi) is 5.02. The summed E-state index contributed by atoms with van der Waals surface area (Å²) in [5, 5.41) is 3.41. The van der Waals surface area contributed by atoms with Crippen LogP contribution in [0.4, 0.5) is 11.6 Å². The molecule has 1 aromatic rings. The van der Waals surface area contributed by atoms with Crippen molar-refractivity contribution in [2.75, 3.05) is 56.2 Å². The molecule has 3 heterocycles. The normalized spacial score (nSPS) is 20.4. The zero-order valence-electron chi connectivity index (χ0n) is 14.6. The standard InChI is InChI=1S/C17H29N5O/c1-17(2,3)4-5-18-15-10-16(20-13-19-15)22-11-14(12-22)21-6-8-23-9-7-21/h10,13-14H,4-9,11-12H2,1-3H3,(H,18,19,20). The highest BCUT2D eigenvalue weighted by Crippen LogP contribution is 2.24. The fourth-order valence-corrected chi connectivity index (χ4v) is 3.00. The molecule has 128 valence electrons. The van der Waals surface area contributed by atoms with Crippen LogP contribution in [0.25, 0.3) is 0 Å². The van der Waals surface area contributed by atoms with Crippen LogP contribution in [0, 0.1) is 5.41 Å². The molecule has 2 fully saturated rings. The van der Waals surface area contributed by atoms with Crippen molar-refractivity contribution in [3.05, 3.63) is 12.4 Å². The maximum absolute atomic E-state index is 5.42. The van der Waals surface area contributed by atoms with Gasteiger partial charge in [-0.25, -0.2) is 9.97 Å². The summed E-state index contributed by atoms with van der Waals surface area (Å²) in [4.78, 5) is 13.6. The Balaban J connectivity index is 1.48. The Morgan fingerprint density at radius 2 is 1.96 bits per heavy atom. The molecule has 6 nitrogen and oxygen atoms in total. The Morgan fingerprint density at radius 3 is 2.65 bits per heavy atom. The van der Waals surface area contributed by atoms with Crippen molar-refractivity contribution in [1.82, 2.24) is 14.9 Å². The summed E-state index contributed by atoms with van der Waals surface area (Å²) < 4.78 is 5.42. The summed E-state index contributed by atoms with van der Waals surface area (Å²) in [7, 11) is 0. The van der Waals surface area contributed by atoms with E-state index in [1.54, 1.807) is 6.33 Å². The van der Waals surface area contributed by atoms with Crippen molar-refractivity contribution in [3.63, 3.8) is 0 Å². The van der Waals surface area contributed by atoms with Crippen LogP contribution in [-0.2, 0) is 4.74 Å². The molecular weight excluding hydrogens is 290 g/mol. The Labute approximate surface area is 139 Å². The lowest BCUT2D eigenvalue weighted by atomic mass is 9.92. The number of rotatable bonds is 5. The number of hydrogen-bond acceptors (Lipinski definition) is 6. The van der Waals surface area contributed by atoms with Crippen LogP contribution in [0.3, 0.4) is 0 Å². The van der Waals surface area contributed by atoms with Crippen LogP contribution >= 0.6 is 0 Å². The largest absolute Gasteiger partial charge is 0.379 e. The van der Waals surface area contributed by atoms with Gasteiger partial charge in [0.2, 0.25) is 0 Å². The second-order valence-corrected chi connectivity index (χ2v) is 7.71. The quantitative estimate of drug-likeness (QED) is 0.894. The third-order valence-corrected chi connectivity index (χ3v) is 4.58. The number of hydrogen-bond donors (Lipinski definition) is 1. The minimum atomic E-state index is 0.339. The van der Waals surface area contributed by atoms with Gasteiger partial charge in [-0.2, -0.15) is 0 Å². The van der Waals surface area contributed by atoms with Gasteiger partial charge in [-0.05, 0) is 11.8 Å². The Hall–Kier alpha value is -1.40. The molecule has 0 bridgehead atoms. The molecule has 0 atom stereocenters.